The molecule has 0 spiro atoms. The van der Waals surface area contributed by atoms with Crippen LogP contribution in [-0.2, 0) is 17.8 Å². The van der Waals surface area contributed by atoms with Gasteiger partial charge in [0.2, 0.25) is 6.10 Å². The van der Waals surface area contributed by atoms with Gasteiger partial charge >= 0.3 is 0 Å². The van der Waals surface area contributed by atoms with Crippen molar-refractivity contribution < 1.29 is 14.3 Å². The summed E-state index contributed by atoms with van der Waals surface area (Å²) in [6, 6.07) is 7.42. The van der Waals surface area contributed by atoms with Crippen LogP contribution < -0.4 is 9.47 Å². The molecule has 0 saturated carbocycles. The van der Waals surface area contributed by atoms with E-state index in [4.69, 9.17) is 9.47 Å². The zero-order chi connectivity index (χ0) is 15.1. The van der Waals surface area contributed by atoms with Crippen LogP contribution in [0.5, 0.6) is 11.5 Å². The highest BCUT2D eigenvalue weighted by molar-refractivity contribution is 5.82. The Morgan fingerprint density at radius 1 is 1.36 bits per heavy atom. The zero-order valence-electron chi connectivity index (χ0n) is 12.3. The number of hydrogen-bond donors (Lipinski definition) is 1. The maximum atomic E-state index is 12.7. The summed E-state index contributed by atoms with van der Waals surface area (Å²) in [5.74, 6) is 2.18. The van der Waals surface area contributed by atoms with Crippen LogP contribution in [0.3, 0.4) is 0 Å². The molecule has 2 aliphatic heterocycles. The Balaban J connectivity index is 1.49. The van der Waals surface area contributed by atoms with Gasteiger partial charge in [0.1, 0.15) is 12.4 Å². The number of hydrogen-bond acceptors (Lipinski definition) is 4. The smallest absolute Gasteiger partial charge is 0.267 e. The van der Waals surface area contributed by atoms with Crippen LogP contribution in [0.25, 0.3) is 0 Å². The molecule has 3 heterocycles. The fourth-order valence-corrected chi connectivity index (χ4v) is 2.97. The van der Waals surface area contributed by atoms with Crippen LogP contribution in [0, 0.1) is 6.92 Å². The van der Waals surface area contributed by atoms with Gasteiger partial charge in [-0.15, -0.1) is 0 Å². The number of rotatable bonds is 1. The van der Waals surface area contributed by atoms with Gasteiger partial charge in [0.05, 0.1) is 17.9 Å². The van der Waals surface area contributed by atoms with Crippen molar-refractivity contribution >= 4 is 5.91 Å². The van der Waals surface area contributed by atoms with Crippen molar-refractivity contribution in [2.24, 2.45) is 0 Å². The van der Waals surface area contributed by atoms with Crippen molar-refractivity contribution in [1.82, 2.24) is 14.9 Å². The molecule has 0 radical (unpaired) electrons. The number of carbonyl (C=O) groups is 1. The number of imidazole rings is 1. The maximum absolute atomic E-state index is 12.7. The summed E-state index contributed by atoms with van der Waals surface area (Å²) < 4.78 is 11.4. The summed E-state index contributed by atoms with van der Waals surface area (Å²) in [7, 11) is 0. The summed E-state index contributed by atoms with van der Waals surface area (Å²) in [6.07, 6.45) is 0.190. The number of fused-ring (bicyclic) bond motifs is 2. The molecule has 0 saturated heterocycles. The molecule has 2 aromatic rings. The fraction of sp³-hybridized carbons (Fsp3) is 0.375. The first-order valence-electron chi connectivity index (χ1n) is 7.42. The van der Waals surface area contributed by atoms with Crippen molar-refractivity contribution in [3.63, 3.8) is 0 Å². The molecule has 22 heavy (non-hydrogen) atoms. The number of amides is 1. The Bertz CT molecular complexity index is 725. The lowest BCUT2D eigenvalue weighted by atomic mass is 10.1. The second-order valence-electron chi connectivity index (χ2n) is 5.62. The molecule has 6 heteroatoms. The molecular formula is C16H17N3O3. The van der Waals surface area contributed by atoms with E-state index in [1.807, 2.05) is 36.1 Å². The molecule has 1 amide bonds. The molecule has 1 unspecified atom stereocenters. The molecule has 0 aliphatic carbocycles. The molecule has 1 atom stereocenters. The third kappa shape index (κ3) is 2.20. The minimum Gasteiger partial charge on any atom is -0.485 e. The van der Waals surface area contributed by atoms with E-state index in [0.29, 0.717) is 24.6 Å². The first kappa shape index (κ1) is 13.2. The fourth-order valence-electron chi connectivity index (χ4n) is 2.97. The summed E-state index contributed by atoms with van der Waals surface area (Å²) in [5, 5.41) is 0. The predicted octanol–water partition coefficient (Wildman–Crippen LogP) is 1.44. The van der Waals surface area contributed by atoms with Crippen molar-refractivity contribution in [1.29, 1.82) is 0 Å². The first-order valence-corrected chi connectivity index (χ1v) is 7.42. The summed E-state index contributed by atoms with van der Waals surface area (Å²) in [5.41, 5.74) is 2.09. The second kappa shape index (κ2) is 5.05. The van der Waals surface area contributed by atoms with Crippen molar-refractivity contribution in [3.8, 4) is 11.5 Å². The quantitative estimate of drug-likeness (QED) is 0.865. The molecule has 1 aromatic heterocycles. The number of ether oxygens (including phenoxy) is 2. The molecule has 1 aromatic carbocycles. The van der Waals surface area contributed by atoms with E-state index in [1.54, 1.807) is 0 Å². The van der Waals surface area contributed by atoms with Gasteiger partial charge in [-0.05, 0) is 19.1 Å². The van der Waals surface area contributed by atoms with Gasteiger partial charge in [0, 0.05) is 13.0 Å². The van der Waals surface area contributed by atoms with Crippen LogP contribution in [0.1, 0.15) is 17.2 Å². The van der Waals surface area contributed by atoms with Crippen LogP contribution in [0.2, 0.25) is 0 Å². The molecule has 0 fully saturated rings. The van der Waals surface area contributed by atoms with E-state index < -0.39 is 6.10 Å². The third-order valence-corrected chi connectivity index (χ3v) is 4.05. The SMILES string of the molecule is Cc1nc2c([nH]1)CN(C(=O)C1COc3ccccc3O1)CC2. The lowest BCUT2D eigenvalue weighted by Crippen LogP contribution is -2.48. The van der Waals surface area contributed by atoms with Crippen molar-refractivity contribution in [2.45, 2.75) is 26.0 Å². The monoisotopic (exact) mass is 299 g/mol. The number of nitrogens with one attached hydrogen (secondary N) is 1. The van der Waals surface area contributed by atoms with E-state index in [-0.39, 0.29) is 12.5 Å². The minimum atomic E-state index is -0.583. The number of nitrogens with zero attached hydrogens (tertiary/aromatic N) is 2. The van der Waals surface area contributed by atoms with E-state index in [0.717, 1.165) is 23.6 Å². The average Bonchev–Trinajstić information content (AvgIpc) is 2.92. The van der Waals surface area contributed by atoms with Gasteiger partial charge in [-0.2, -0.15) is 0 Å². The highest BCUT2D eigenvalue weighted by Crippen LogP contribution is 2.31. The van der Waals surface area contributed by atoms with E-state index in [1.165, 1.54) is 0 Å². The van der Waals surface area contributed by atoms with Crippen LogP contribution in [0.4, 0.5) is 0 Å². The third-order valence-electron chi connectivity index (χ3n) is 4.05. The van der Waals surface area contributed by atoms with Crippen LogP contribution >= 0.6 is 0 Å². The van der Waals surface area contributed by atoms with Gasteiger partial charge in [0.15, 0.2) is 11.5 Å². The number of aromatic amines is 1. The topological polar surface area (TPSA) is 67.5 Å². The standard InChI is InChI=1S/C16H17N3O3/c1-10-17-11-6-7-19(8-12(11)18-10)16(20)15-9-21-13-4-2-3-5-14(13)22-15/h2-5,15H,6-9H2,1H3,(H,17,18). The highest BCUT2D eigenvalue weighted by atomic mass is 16.6. The molecule has 6 nitrogen and oxygen atoms in total. The highest BCUT2D eigenvalue weighted by Gasteiger charge is 2.33. The Labute approximate surface area is 128 Å². The maximum Gasteiger partial charge on any atom is 0.267 e. The first-order chi connectivity index (χ1) is 10.7. The summed E-state index contributed by atoms with van der Waals surface area (Å²) in [6.45, 7) is 3.40. The summed E-state index contributed by atoms with van der Waals surface area (Å²) >= 11 is 0. The molecule has 0 bridgehead atoms. The Kier molecular flexibility index (Phi) is 3.03. The number of para-hydroxylation sites is 2. The summed E-state index contributed by atoms with van der Waals surface area (Å²) in [4.78, 5) is 22.1. The predicted molar refractivity (Wildman–Crippen MR) is 78.8 cm³/mol. The Morgan fingerprint density at radius 3 is 3.05 bits per heavy atom. The van der Waals surface area contributed by atoms with Gasteiger partial charge < -0.3 is 19.4 Å². The number of aryl methyl sites for hydroxylation is 1. The number of benzene rings is 1. The Morgan fingerprint density at radius 2 is 2.18 bits per heavy atom. The molecule has 114 valence electrons. The number of carbonyl (C=O) groups excluding carboxylic acids is 1. The van der Waals surface area contributed by atoms with Gasteiger partial charge in [-0.25, -0.2) is 4.98 Å². The lowest BCUT2D eigenvalue weighted by molar-refractivity contribution is -0.142. The molecule has 2 aliphatic rings. The second-order valence-corrected chi connectivity index (χ2v) is 5.62. The van der Waals surface area contributed by atoms with E-state index >= 15 is 0 Å². The zero-order valence-corrected chi connectivity index (χ0v) is 12.3. The average molecular weight is 299 g/mol. The van der Waals surface area contributed by atoms with Gasteiger partial charge in [-0.1, -0.05) is 12.1 Å². The van der Waals surface area contributed by atoms with Gasteiger partial charge in [0.25, 0.3) is 5.91 Å². The van der Waals surface area contributed by atoms with Crippen LogP contribution in [-0.4, -0.2) is 40.0 Å². The van der Waals surface area contributed by atoms with Crippen LogP contribution in [0.15, 0.2) is 24.3 Å². The van der Waals surface area contributed by atoms with Crippen molar-refractivity contribution in [3.05, 3.63) is 41.5 Å². The van der Waals surface area contributed by atoms with Crippen molar-refractivity contribution in [2.75, 3.05) is 13.2 Å². The number of aromatic nitrogens is 2. The minimum absolute atomic E-state index is 0.0348. The van der Waals surface area contributed by atoms with E-state index in [2.05, 4.69) is 9.97 Å². The molecule has 1 N–H and O–H groups in total. The van der Waals surface area contributed by atoms with E-state index in [9.17, 15) is 4.79 Å². The molecular weight excluding hydrogens is 282 g/mol. The Hall–Kier alpha value is -2.50. The normalized spacial score (nSPS) is 19.7. The van der Waals surface area contributed by atoms with Gasteiger partial charge in [-0.3, -0.25) is 4.79 Å². The number of H-pyrrole nitrogens is 1. The largest absolute Gasteiger partial charge is 0.485 e. The molecule has 4 rings (SSSR count). The lowest BCUT2D eigenvalue weighted by Gasteiger charge is -2.32.